The number of likely N-dealkylation sites (tertiary alicyclic amines) is 1. The highest BCUT2D eigenvalue weighted by molar-refractivity contribution is 5.79. The average Bonchev–Trinajstić information content (AvgIpc) is 2.88. The van der Waals surface area contributed by atoms with Gasteiger partial charge in [0.2, 0.25) is 5.91 Å². The van der Waals surface area contributed by atoms with Crippen LogP contribution in [0.5, 0.6) is 0 Å². The highest BCUT2D eigenvalue weighted by Gasteiger charge is 2.34. The number of amides is 1. The maximum Gasteiger partial charge on any atom is 0.225 e. The van der Waals surface area contributed by atoms with Crippen LogP contribution in [0.3, 0.4) is 0 Å². The lowest BCUT2D eigenvalue weighted by Crippen LogP contribution is -2.37. The number of aliphatic hydroxyl groups is 1. The SMILES string of the molecule is CC(O)C1CCN(C(=O)C2CCCC(CCN)C2)C1. The largest absolute Gasteiger partial charge is 0.393 e. The number of rotatable bonds is 4. The Morgan fingerprint density at radius 3 is 2.84 bits per heavy atom. The highest BCUT2D eigenvalue weighted by Crippen LogP contribution is 2.33. The van der Waals surface area contributed by atoms with Gasteiger partial charge < -0.3 is 15.7 Å². The van der Waals surface area contributed by atoms with Gasteiger partial charge in [-0.15, -0.1) is 0 Å². The monoisotopic (exact) mass is 268 g/mol. The van der Waals surface area contributed by atoms with Gasteiger partial charge in [-0.1, -0.05) is 12.8 Å². The lowest BCUT2D eigenvalue weighted by atomic mass is 9.79. The molecule has 2 fully saturated rings. The number of nitrogens with zero attached hydrogens (tertiary/aromatic N) is 1. The molecule has 1 saturated carbocycles. The Bertz CT molecular complexity index is 305. The quantitative estimate of drug-likeness (QED) is 0.809. The van der Waals surface area contributed by atoms with E-state index < -0.39 is 0 Å². The van der Waals surface area contributed by atoms with Crippen LogP contribution < -0.4 is 5.73 Å². The fraction of sp³-hybridized carbons (Fsp3) is 0.933. The molecule has 0 bridgehead atoms. The van der Waals surface area contributed by atoms with Crippen molar-refractivity contribution >= 4 is 5.91 Å². The Kier molecular flexibility index (Phi) is 5.22. The number of nitrogens with two attached hydrogens (primary N) is 1. The number of hydrogen-bond donors (Lipinski definition) is 2. The fourth-order valence-corrected chi connectivity index (χ4v) is 3.65. The molecule has 1 aliphatic carbocycles. The maximum atomic E-state index is 12.5. The van der Waals surface area contributed by atoms with Crippen LogP contribution in [-0.2, 0) is 4.79 Å². The summed E-state index contributed by atoms with van der Waals surface area (Å²) in [4.78, 5) is 14.5. The Labute approximate surface area is 116 Å². The molecule has 0 aromatic rings. The molecule has 4 unspecified atom stereocenters. The van der Waals surface area contributed by atoms with Crippen molar-refractivity contribution < 1.29 is 9.90 Å². The van der Waals surface area contributed by atoms with E-state index in [1.807, 2.05) is 11.8 Å². The van der Waals surface area contributed by atoms with E-state index in [4.69, 9.17) is 5.73 Å². The van der Waals surface area contributed by atoms with Crippen LogP contribution in [-0.4, -0.2) is 41.7 Å². The van der Waals surface area contributed by atoms with Crippen molar-refractivity contribution in [1.29, 1.82) is 0 Å². The maximum absolute atomic E-state index is 12.5. The average molecular weight is 268 g/mol. The number of hydrogen-bond acceptors (Lipinski definition) is 3. The summed E-state index contributed by atoms with van der Waals surface area (Å²) in [5.74, 6) is 1.44. The second kappa shape index (κ2) is 6.71. The lowest BCUT2D eigenvalue weighted by Gasteiger charge is -2.31. The zero-order chi connectivity index (χ0) is 13.8. The lowest BCUT2D eigenvalue weighted by molar-refractivity contribution is -0.136. The molecule has 1 aliphatic heterocycles. The standard InChI is InChI=1S/C15H28N2O2/c1-11(18)14-6-8-17(10-14)15(19)13-4-2-3-12(9-13)5-7-16/h11-14,18H,2-10,16H2,1H3. The van der Waals surface area contributed by atoms with Crippen molar-refractivity contribution in [2.45, 2.75) is 51.6 Å². The number of carbonyl (C=O) groups excluding carboxylic acids is 1. The zero-order valence-corrected chi connectivity index (χ0v) is 12.1. The molecule has 2 aliphatic rings. The van der Waals surface area contributed by atoms with Gasteiger partial charge in [-0.3, -0.25) is 4.79 Å². The van der Waals surface area contributed by atoms with E-state index in [0.29, 0.717) is 11.8 Å². The topological polar surface area (TPSA) is 66.6 Å². The van der Waals surface area contributed by atoms with Gasteiger partial charge in [0.1, 0.15) is 0 Å². The minimum atomic E-state index is -0.297. The fourth-order valence-electron chi connectivity index (χ4n) is 3.65. The van der Waals surface area contributed by atoms with Crippen molar-refractivity contribution in [2.24, 2.45) is 23.5 Å². The van der Waals surface area contributed by atoms with Gasteiger partial charge >= 0.3 is 0 Å². The molecule has 4 nitrogen and oxygen atoms in total. The van der Waals surface area contributed by atoms with Crippen molar-refractivity contribution in [3.63, 3.8) is 0 Å². The molecule has 4 atom stereocenters. The molecular formula is C15H28N2O2. The first kappa shape index (κ1) is 14.8. The third-order valence-corrected chi connectivity index (χ3v) is 4.93. The van der Waals surface area contributed by atoms with Crippen LogP contribution in [0.25, 0.3) is 0 Å². The van der Waals surface area contributed by atoms with Crippen LogP contribution in [0, 0.1) is 17.8 Å². The Morgan fingerprint density at radius 2 is 2.21 bits per heavy atom. The molecule has 0 radical (unpaired) electrons. The smallest absolute Gasteiger partial charge is 0.225 e. The van der Waals surface area contributed by atoms with Gasteiger partial charge in [0, 0.05) is 24.9 Å². The van der Waals surface area contributed by atoms with Crippen LogP contribution >= 0.6 is 0 Å². The second-order valence-corrected chi connectivity index (χ2v) is 6.38. The zero-order valence-electron chi connectivity index (χ0n) is 12.1. The summed E-state index contributed by atoms with van der Waals surface area (Å²) in [7, 11) is 0. The Morgan fingerprint density at radius 1 is 1.42 bits per heavy atom. The van der Waals surface area contributed by atoms with Crippen LogP contribution in [0.1, 0.15) is 45.4 Å². The minimum absolute atomic E-state index is 0.207. The van der Waals surface area contributed by atoms with Crippen molar-refractivity contribution in [3.8, 4) is 0 Å². The van der Waals surface area contributed by atoms with Crippen LogP contribution in [0.15, 0.2) is 0 Å². The van der Waals surface area contributed by atoms with Gasteiger partial charge in [-0.25, -0.2) is 0 Å². The van der Waals surface area contributed by atoms with Gasteiger partial charge in [-0.2, -0.15) is 0 Å². The molecule has 0 spiro atoms. The van der Waals surface area contributed by atoms with Crippen LogP contribution in [0.2, 0.25) is 0 Å². The molecule has 1 amide bonds. The van der Waals surface area contributed by atoms with E-state index in [2.05, 4.69) is 0 Å². The first-order valence-corrected chi connectivity index (χ1v) is 7.78. The Hall–Kier alpha value is -0.610. The number of aliphatic hydroxyl groups excluding tert-OH is 1. The highest BCUT2D eigenvalue weighted by atomic mass is 16.3. The third-order valence-electron chi connectivity index (χ3n) is 4.93. The van der Waals surface area contributed by atoms with Crippen LogP contribution in [0.4, 0.5) is 0 Å². The molecule has 2 rings (SSSR count). The van der Waals surface area contributed by atoms with E-state index in [0.717, 1.165) is 51.7 Å². The summed E-state index contributed by atoms with van der Waals surface area (Å²) in [5.41, 5.74) is 5.63. The first-order chi connectivity index (χ1) is 9.11. The summed E-state index contributed by atoms with van der Waals surface area (Å²) in [5, 5.41) is 9.62. The summed E-state index contributed by atoms with van der Waals surface area (Å²) < 4.78 is 0. The van der Waals surface area contributed by atoms with E-state index >= 15 is 0 Å². The van der Waals surface area contributed by atoms with E-state index in [9.17, 15) is 9.90 Å². The molecule has 1 heterocycles. The predicted octanol–water partition coefficient (Wildman–Crippen LogP) is 1.37. The number of carbonyl (C=O) groups is 1. The summed E-state index contributed by atoms with van der Waals surface area (Å²) in [6.45, 7) is 4.14. The van der Waals surface area contributed by atoms with Gasteiger partial charge in [0.05, 0.1) is 6.10 Å². The normalized spacial score (nSPS) is 33.4. The molecule has 1 saturated heterocycles. The van der Waals surface area contributed by atoms with Crippen molar-refractivity contribution in [3.05, 3.63) is 0 Å². The second-order valence-electron chi connectivity index (χ2n) is 6.38. The Balaban J connectivity index is 1.86. The molecule has 0 aromatic carbocycles. The van der Waals surface area contributed by atoms with E-state index in [1.54, 1.807) is 0 Å². The molecule has 110 valence electrons. The summed E-state index contributed by atoms with van der Waals surface area (Å²) >= 11 is 0. The molecular weight excluding hydrogens is 240 g/mol. The van der Waals surface area contributed by atoms with E-state index in [1.165, 1.54) is 6.42 Å². The van der Waals surface area contributed by atoms with E-state index in [-0.39, 0.29) is 17.9 Å². The van der Waals surface area contributed by atoms with Gasteiger partial charge in [0.25, 0.3) is 0 Å². The van der Waals surface area contributed by atoms with Gasteiger partial charge in [-0.05, 0) is 45.1 Å². The van der Waals surface area contributed by atoms with Crippen molar-refractivity contribution in [1.82, 2.24) is 4.90 Å². The first-order valence-electron chi connectivity index (χ1n) is 7.78. The minimum Gasteiger partial charge on any atom is -0.393 e. The van der Waals surface area contributed by atoms with Crippen molar-refractivity contribution in [2.75, 3.05) is 19.6 Å². The van der Waals surface area contributed by atoms with Gasteiger partial charge in [0.15, 0.2) is 0 Å². The molecule has 0 aromatic heterocycles. The predicted molar refractivity (Wildman–Crippen MR) is 75.5 cm³/mol. The molecule has 3 N–H and O–H groups in total. The molecule has 19 heavy (non-hydrogen) atoms. The summed E-state index contributed by atoms with van der Waals surface area (Å²) in [6, 6.07) is 0. The third kappa shape index (κ3) is 3.69. The summed E-state index contributed by atoms with van der Waals surface area (Å²) in [6.07, 6.45) is 6.16. The molecule has 4 heteroatoms.